The van der Waals surface area contributed by atoms with Gasteiger partial charge in [-0.05, 0) is 19.1 Å². The van der Waals surface area contributed by atoms with Crippen molar-refractivity contribution in [3.63, 3.8) is 0 Å². The molecule has 92 valence electrons. The maximum Gasteiger partial charge on any atom is 0.266 e. The summed E-state index contributed by atoms with van der Waals surface area (Å²) in [6.07, 6.45) is 0. The van der Waals surface area contributed by atoms with Crippen molar-refractivity contribution in [3.8, 4) is 5.75 Å². The maximum absolute atomic E-state index is 11.9. The fourth-order valence-electron chi connectivity index (χ4n) is 1.52. The van der Waals surface area contributed by atoms with Gasteiger partial charge in [0.25, 0.3) is 10.0 Å². The summed E-state index contributed by atoms with van der Waals surface area (Å²) >= 11 is 0. The van der Waals surface area contributed by atoms with E-state index in [9.17, 15) is 8.42 Å². The topological polar surface area (TPSA) is 79.8 Å². The molecule has 6 nitrogen and oxygen atoms in total. The summed E-state index contributed by atoms with van der Waals surface area (Å²) in [5.74, 6) is 0.733. The van der Waals surface area contributed by atoms with Gasteiger partial charge in [0.1, 0.15) is 10.6 Å². The Morgan fingerprint density at radius 1 is 1.41 bits per heavy atom. The molecule has 1 aliphatic heterocycles. The number of methoxy groups -OCH3 is 1. The van der Waals surface area contributed by atoms with Gasteiger partial charge in [0.15, 0.2) is 0 Å². The molecule has 0 saturated heterocycles. The molecule has 0 radical (unpaired) electrons. The highest BCUT2D eigenvalue weighted by molar-refractivity contribution is 7.90. The number of guanidine groups is 1. The van der Waals surface area contributed by atoms with Gasteiger partial charge in [0.2, 0.25) is 5.96 Å². The van der Waals surface area contributed by atoms with Crippen LogP contribution in [0.1, 0.15) is 6.92 Å². The molecule has 0 saturated carbocycles. The smallest absolute Gasteiger partial charge is 0.266 e. The van der Waals surface area contributed by atoms with Crippen LogP contribution in [0.4, 0.5) is 5.69 Å². The zero-order chi connectivity index (χ0) is 12.5. The molecule has 1 heterocycles. The van der Waals surface area contributed by atoms with E-state index in [0.717, 1.165) is 0 Å². The summed E-state index contributed by atoms with van der Waals surface area (Å²) in [6, 6.07) is 4.81. The lowest BCUT2D eigenvalue weighted by Crippen LogP contribution is -2.40. The number of aliphatic imine (C=N–C) groups is 1. The molecule has 0 unspecified atom stereocenters. The summed E-state index contributed by atoms with van der Waals surface area (Å²) in [7, 11) is -2.08. The van der Waals surface area contributed by atoms with Crippen LogP contribution in [0.3, 0.4) is 0 Å². The Labute approximate surface area is 99.8 Å². The van der Waals surface area contributed by atoms with E-state index < -0.39 is 10.0 Å². The molecule has 2 N–H and O–H groups in total. The Bertz CT molecular complexity index is 566. The maximum atomic E-state index is 11.9. The van der Waals surface area contributed by atoms with Crippen LogP contribution in [-0.2, 0) is 10.0 Å². The summed E-state index contributed by atoms with van der Waals surface area (Å²) < 4.78 is 31.2. The van der Waals surface area contributed by atoms with E-state index in [-0.39, 0.29) is 10.9 Å². The van der Waals surface area contributed by atoms with Crippen molar-refractivity contribution in [3.05, 3.63) is 18.2 Å². The summed E-state index contributed by atoms with van der Waals surface area (Å²) in [4.78, 5) is 4.16. The second kappa shape index (κ2) is 4.25. The average Bonchev–Trinajstić information content (AvgIpc) is 2.28. The molecule has 1 aromatic rings. The van der Waals surface area contributed by atoms with Crippen LogP contribution >= 0.6 is 0 Å². The van der Waals surface area contributed by atoms with Gasteiger partial charge in [-0.1, -0.05) is 0 Å². The van der Waals surface area contributed by atoms with Gasteiger partial charge in [-0.2, -0.15) is 0 Å². The second-order valence-electron chi connectivity index (χ2n) is 3.42. The predicted octanol–water partition coefficient (Wildman–Crippen LogP) is 0.775. The molecular formula is C10H13N3O3S. The zero-order valence-electron chi connectivity index (χ0n) is 9.52. The van der Waals surface area contributed by atoms with Crippen LogP contribution in [0.2, 0.25) is 0 Å². The minimum absolute atomic E-state index is 0.159. The van der Waals surface area contributed by atoms with E-state index in [1.54, 1.807) is 12.1 Å². The van der Waals surface area contributed by atoms with Crippen LogP contribution in [0, 0.1) is 0 Å². The van der Waals surface area contributed by atoms with E-state index in [1.165, 1.54) is 13.2 Å². The molecule has 1 aliphatic rings. The first kappa shape index (κ1) is 11.7. The van der Waals surface area contributed by atoms with Crippen molar-refractivity contribution in [1.29, 1.82) is 0 Å². The van der Waals surface area contributed by atoms with Gasteiger partial charge in [-0.15, -0.1) is 0 Å². The first-order valence-corrected chi connectivity index (χ1v) is 6.57. The third-order valence-corrected chi connectivity index (χ3v) is 3.66. The fraction of sp³-hybridized carbons (Fsp3) is 0.300. The van der Waals surface area contributed by atoms with Crippen LogP contribution in [-0.4, -0.2) is 28.0 Å². The average molecular weight is 255 g/mol. The Morgan fingerprint density at radius 3 is 2.82 bits per heavy atom. The largest absolute Gasteiger partial charge is 0.497 e. The van der Waals surface area contributed by atoms with Crippen molar-refractivity contribution < 1.29 is 13.2 Å². The quantitative estimate of drug-likeness (QED) is 0.818. The molecule has 2 rings (SSSR count). The van der Waals surface area contributed by atoms with Crippen molar-refractivity contribution >= 4 is 21.7 Å². The van der Waals surface area contributed by atoms with Gasteiger partial charge < -0.3 is 10.1 Å². The highest BCUT2D eigenvalue weighted by Gasteiger charge is 2.26. The van der Waals surface area contributed by atoms with Gasteiger partial charge in [0.05, 0.1) is 12.8 Å². The number of hydrogen-bond acceptors (Lipinski definition) is 4. The highest BCUT2D eigenvalue weighted by Crippen LogP contribution is 2.28. The highest BCUT2D eigenvalue weighted by atomic mass is 32.2. The first-order valence-electron chi connectivity index (χ1n) is 5.09. The van der Waals surface area contributed by atoms with Crippen LogP contribution in [0.5, 0.6) is 5.75 Å². The number of rotatable bonds is 2. The number of nitrogens with zero attached hydrogens (tertiary/aromatic N) is 1. The number of nitrogens with one attached hydrogen (secondary N) is 2. The summed E-state index contributed by atoms with van der Waals surface area (Å²) in [5.41, 5.74) is 0.497. The second-order valence-corrected chi connectivity index (χ2v) is 5.07. The third-order valence-electron chi connectivity index (χ3n) is 2.28. The lowest BCUT2D eigenvalue weighted by molar-refractivity contribution is 0.413. The lowest BCUT2D eigenvalue weighted by Gasteiger charge is -2.21. The van der Waals surface area contributed by atoms with Gasteiger partial charge in [-0.3, -0.25) is 4.99 Å². The monoisotopic (exact) mass is 255 g/mol. The summed E-state index contributed by atoms with van der Waals surface area (Å²) in [6.45, 7) is 2.32. The predicted molar refractivity (Wildman–Crippen MR) is 64.9 cm³/mol. The van der Waals surface area contributed by atoms with Gasteiger partial charge in [-0.25, -0.2) is 13.1 Å². The number of ether oxygens (including phenoxy) is 1. The zero-order valence-corrected chi connectivity index (χ0v) is 10.3. The van der Waals surface area contributed by atoms with Crippen molar-refractivity contribution in [2.24, 2.45) is 4.99 Å². The standard InChI is InChI=1S/C10H13N3O3S/c1-3-11-10-12-8-5-4-7(16-2)6-9(8)17(14,15)13-10/h4-6H,3H2,1-2H3,(H2,11,12,13). The first-order chi connectivity index (χ1) is 8.06. The number of benzene rings is 1. The summed E-state index contributed by atoms with van der Waals surface area (Å²) in [5, 5.41) is 2.91. The van der Waals surface area contributed by atoms with E-state index >= 15 is 0 Å². The van der Waals surface area contributed by atoms with E-state index in [2.05, 4.69) is 15.0 Å². The molecule has 0 aromatic heterocycles. The van der Waals surface area contributed by atoms with E-state index in [0.29, 0.717) is 18.0 Å². The molecule has 0 aliphatic carbocycles. The van der Waals surface area contributed by atoms with Crippen molar-refractivity contribution in [2.75, 3.05) is 19.0 Å². The number of hydrogen-bond donors (Lipinski definition) is 2. The van der Waals surface area contributed by atoms with Gasteiger partial charge >= 0.3 is 0 Å². The van der Waals surface area contributed by atoms with E-state index in [1.807, 2.05) is 6.92 Å². The minimum atomic E-state index is -3.57. The Kier molecular flexibility index (Phi) is 2.93. The molecule has 0 bridgehead atoms. The normalized spacial score (nSPS) is 19.1. The fourth-order valence-corrected chi connectivity index (χ4v) is 2.68. The van der Waals surface area contributed by atoms with Crippen molar-refractivity contribution in [1.82, 2.24) is 4.72 Å². The third kappa shape index (κ3) is 2.19. The van der Waals surface area contributed by atoms with Crippen LogP contribution < -0.4 is 14.8 Å². The number of fused-ring (bicyclic) bond motifs is 1. The molecule has 0 amide bonds. The lowest BCUT2D eigenvalue weighted by atomic mass is 10.3. The molecular weight excluding hydrogens is 242 g/mol. The number of sulfonamides is 1. The van der Waals surface area contributed by atoms with Crippen molar-refractivity contribution in [2.45, 2.75) is 11.8 Å². The molecule has 0 atom stereocenters. The number of anilines is 1. The SMILES string of the molecule is CCN=C1Nc2ccc(OC)cc2S(=O)(=O)N1. The molecule has 17 heavy (non-hydrogen) atoms. The molecule has 0 spiro atoms. The Hall–Kier alpha value is -1.76. The minimum Gasteiger partial charge on any atom is -0.497 e. The molecule has 7 heteroatoms. The van der Waals surface area contributed by atoms with Crippen LogP contribution in [0.15, 0.2) is 28.1 Å². The van der Waals surface area contributed by atoms with Crippen LogP contribution in [0.25, 0.3) is 0 Å². The Balaban J connectivity index is 2.53. The Morgan fingerprint density at radius 2 is 2.18 bits per heavy atom. The molecule has 1 aromatic carbocycles. The molecule has 0 fully saturated rings. The van der Waals surface area contributed by atoms with Gasteiger partial charge in [0, 0.05) is 12.6 Å². The van der Waals surface area contributed by atoms with E-state index in [4.69, 9.17) is 4.74 Å².